The van der Waals surface area contributed by atoms with Gasteiger partial charge in [-0.2, -0.15) is 0 Å². The average molecular weight is 1150 g/mol. The van der Waals surface area contributed by atoms with Crippen LogP contribution in [0.4, 0.5) is 0 Å². The quantitative estimate of drug-likeness (QED) is 0.0320. The van der Waals surface area contributed by atoms with E-state index in [9.17, 15) is 19.8 Å². The number of rotatable bonds is 70. The van der Waals surface area contributed by atoms with Crippen molar-refractivity contribution >= 4 is 11.9 Å². The topological polar surface area (TPSA) is 95.9 Å². The van der Waals surface area contributed by atoms with Gasteiger partial charge in [0, 0.05) is 12.8 Å². The van der Waals surface area contributed by atoms with Crippen molar-refractivity contribution in [2.24, 2.45) is 0 Å². The summed E-state index contributed by atoms with van der Waals surface area (Å²) in [5, 5.41) is 23.3. The summed E-state index contributed by atoms with van der Waals surface area (Å²) in [6, 6.07) is -0.629. The van der Waals surface area contributed by atoms with Gasteiger partial charge >= 0.3 is 5.97 Å². The lowest BCUT2D eigenvalue weighted by Crippen LogP contribution is -2.45. The van der Waals surface area contributed by atoms with Crippen molar-refractivity contribution in [2.45, 2.75) is 424 Å². The molecule has 0 saturated carbocycles. The van der Waals surface area contributed by atoms with Gasteiger partial charge in [0.25, 0.3) is 0 Å². The molecule has 2 atom stereocenters. The fourth-order valence-corrected chi connectivity index (χ4v) is 11.7. The molecule has 1 amide bonds. The molecule has 82 heavy (non-hydrogen) atoms. The molecule has 2 unspecified atom stereocenters. The Kier molecular flexibility index (Phi) is 69.9. The van der Waals surface area contributed by atoms with Crippen LogP contribution in [0.2, 0.25) is 0 Å². The summed E-state index contributed by atoms with van der Waals surface area (Å²) in [5.74, 6) is -0.0562. The number of hydrogen-bond acceptors (Lipinski definition) is 5. The van der Waals surface area contributed by atoms with Gasteiger partial charge in [-0.25, -0.2) is 0 Å². The van der Waals surface area contributed by atoms with E-state index in [1.165, 1.54) is 340 Å². The van der Waals surface area contributed by atoms with E-state index in [4.69, 9.17) is 4.74 Å². The SMILES string of the molecule is CCCCC/C=C\CCCCCCCC(=O)OCCCCCCCCCCCCCC/C=C\CCCCCCCCCCCCCCCC(=O)NC(CO)C(O)/C=C/CCCCCCCCCCCCCCCCCCCCCCCC. The first kappa shape index (κ1) is 80.1. The van der Waals surface area contributed by atoms with E-state index in [1.807, 2.05) is 6.08 Å². The largest absolute Gasteiger partial charge is 0.466 e. The Bertz CT molecular complexity index is 1330. The third-order valence-corrected chi connectivity index (χ3v) is 17.4. The minimum atomic E-state index is -0.846. The lowest BCUT2D eigenvalue weighted by atomic mass is 10.0. The van der Waals surface area contributed by atoms with Crippen LogP contribution in [0, 0.1) is 0 Å². The van der Waals surface area contributed by atoms with Gasteiger partial charge in [-0.3, -0.25) is 9.59 Å². The second-order valence-corrected chi connectivity index (χ2v) is 25.6. The maximum Gasteiger partial charge on any atom is 0.305 e. The van der Waals surface area contributed by atoms with Gasteiger partial charge in [-0.15, -0.1) is 0 Å². The number of carbonyl (C=O) groups is 2. The van der Waals surface area contributed by atoms with E-state index >= 15 is 0 Å². The lowest BCUT2D eigenvalue weighted by Gasteiger charge is -2.20. The minimum Gasteiger partial charge on any atom is -0.466 e. The van der Waals surface area contributed by atoms with Crippen molar-refractivity contribution in [3.8, 4) is 0 Å². The van der Waals surface area contributed by atoms with Crippen LogP contribution in [-0.2, 0) is 14.3 Å². The number of aliphatic hydroxyl groups excluding tert-OH is 2. The van der Waals surface area contributed by atoms with Crippen LogP contribution in [0.15, 0.2) is 36.5 Å². The van der Waals surface area contributed by atoms with Crippen molar-refractivity contribution in [3.05, 3.63) is 36.5 Å². The predicted molar refractivity (Wildman–Crippen MR) is 361 cm³/mol. The molecule has 0 aliphatic heterocycles. The third-order valence-electron chi connectivity index (χ3n) is 17.4. The van der Waals surface area contributed by atoms with Crippen molar-refractivity contribution in [1.82, 2.24) is 5.32 Å². The monoisotopic (exact) mass is 1150 g/mol. The van der Waals surface area contributed by atoms with Crippen LogP contribution in [0.3, 0.4) is 0 Å². The highest BCUT2D eigenvalue weighted by Crippen LogP contribution is 2.19. The van der Waals surface area contributed by atoms with Crippen LogP contribution in [0.1, 0.15) is 412 Å². The van der Waals surface area contributed by atoms with Crippen LogP contribution in [0.25, 0.3) is 0 Å². The Labute approximate surface area is 513 Å². The van der Waals surface area contributed by atoms with E-state index in [0.29, 0.717) is 19.4 Å². The van der Waals surface area contributed by atoms with Crippen LogP contribution < -0.4 is 5.32 Å². The van der Waals surface area contributed by atoms with Gasteiger partial charge in [-0.1, -0.05) is 352 Å². The molecular weight excluding hydrogens is 1010 g/mol. The normalized spacial score (nSPS) is 12.7. The van der Waals surface area contributed by atoms with Crippen molar-refractivity contribution < 1.29 is 24.5 Å². The molecule has 6 nitrogen and oxygen atoms in total. The second kappa shape index (κ2) is 71.6. The van der Waals surface area contributed by atoms with Gasteiger partial charge < -0.3 is 20.3 Å². The first-order valence-electron chi connectivity index (χ1n) is 37.3. The van der Waals surface area contributed by atoms with Crippen LogP contribution in [0.5, 0.6) is 0 Å². The maximum absolute atomic E-state index is 12.5. The highest BCUT2D eigenvalue weighted by molar-refractivity contribution is 5.76. The van der Waals surface area contributed by atoms with Crippen LogP contribution in [-0.4, -0.2) is 47.4 Å². The molecule has 484 valence electrons. The highest BCUT2D eigenvalue weighted by Gasteiger charge is 2.18. The molecule has 0 spiro atoms. The molecule has 0 rings (SSSR count). The van der Waals surface area contributed by atoms with Crippen molar-refractivity contribution in [3.63, 3.8) is 0 Å². The number of nitrogens with one attached hydrogen (secondary N) is 1. The number of aliphatic hydroxyl groups is 2. The van der Waals surface area contributed by atoms with Gasteiger partial charge in [0.1, 0.15) is 0 Å². The minimum absolute atomic E-state index is 0.00652. The molecule has 0 aromatic heterocycles. The predicted octanol–water partition coefficient (Wildman–Crippen LogP) is 24.3. The molecule has 0 aliphatic rings. The molecule has 0 radical (unpaired) electrons. The number of hydrogen-bond donors (Lipinski definition) is 3. The van der Waals surface area contributed by atoms with Crippen molar-refractivity contribution in [2.75, 3.05) is 13.2 Å². The first-order chi connectivity index (χ1) is 40.5. The van der Waals surface area contributed by atoms with Crippen LogP contribution >= 0.6 is 0 Å². The van der Waals surface area contributed by atoms with E-state index in [2.05, 4.69) is 43.5 Å². The van der Waals surface area contributed by atoms with Gasteiger partial charge in [0.05, 0.1) is 25.4 Å². The molecule has 3 N–H and O–H groups in total. The summed E-state index contributed by atoms with van der Waals surface area (Å²) in [7, 11) is 0. The smallest absolute Gasteiger partial charge is 0.305 e. The fourth-order valence-electron chi connectivity index (χ4n) is 11.7. The molecule has 0 bridgehead atoms. The summed E-state index contributed by atoms with van der Waals surface area (Å²) in [4.78, 5) is 24.6. The lowest BCUT2D eigenvalue weighted by molar-refractivity contribution is -0.143. The van der Waals surface area contributed by atoms with E-state index < -0.39 is 12.1 Å². The number of carbonyl (C=O) groups excluding carboxylic acids is 2. The number of esters is 1. The second-order valence-electron chi connectivity index (χ2n) is 25.6. The summed E-state index contributed by atoms with van der Waals surface area (Å²) >= 11 is 0. The summed E-state index contributed by atoms with van der Waals surface area (Å²) in [6.45, 7) is 4.92. The Morgan fingerprint density at radius 2 is 0.573 bits per heavy atom. The Balaban J connectivity index is 3.41. The van der Waals surface area contributed by atoms with E-state index in [-0.39, 0.29) is 18.5 Å². The molecule has 0 aromatic rings. The fraction of sp³-hybridized carbons (Fsp3) is 0.895. The maximum atomic E-state index is 12.5. The Hall–Kier alpha value is -1.92. The summed E-state index contributed by atoms with van der Waals surface area (Å²) in [5.41, 5.74) is 0. The van der Waals surface area contributed by atoms with Gasteiger partial charge in [0.15, 0.2) is 0 Å². The zero-order valence-corrected chi connectivity index (χ0v) is 55.5. The zero-order chi connectivity index (χ0) is 59.2. The molecule has 0 saturated heterocycles. The number of amides is 1. The molecule has 6 heteroatoms. The number of allylic oxidation sites excluding steroid dienone is 5. The van der Waals surface area contributed by atoms with Gasteiger partial charge in [0.2, 0.25) is 5.91 Å². The first-order valence-corrected chi connectivity index (χ1v) is 37.3. The summed E-state index contributed by atoms with van der Waals surface area (Å²) < 4.78 is 5.47. The molecule has 0 fully saturated rings. The van der Waals surface area contributed by atoms with Crippen molar-refractivity contribution in [1.29, 1.82) is 0 Å². The molecule has 0 heterocycles. The van der Waals surface area contributed by atoms with E-state index in [0.717, 1.165) is 44.9 Å². The molecule has 0 aromatic carbocycles. The number of ether oxygens (including phenoxy) is 1. The Morgan fingerprint density at radius 1 is 0.329 bits per heavy atom. The standard InChI is InChI=1S/C76H145NO5/c1-3-5-7-9-11-13-15-17-18-19-20-21-22-30-33-36-39-42-45-48-52-56-60-64-68-74(79)73(72-78)77-75(80)69-65-61-57-53-49-46-43-40-37-34-31-28-26-24-23-25-27-29-32-35-38-41-44-47-51-55-59-63-67-71-82-76(81)70-66-62-58-54-50-16-14-12-10-8-6-4-2/h12,14,23,25,64,68,73-74,78-79H,3-11,13,15-22,24,26-63,65-67,69-72H2,1-2H3,(H,77,80)/b14-12-,25-23-,68-64+. The third kappa shape index (κ3) is 67.2. The molecular formula is C76H145NO5. The van der Waals surface area contributed by atoms with E-state index in [1.54, 1.807) is 6.08 Å². The zero-order valence-electron chi connectivity index (χ0n) is 55.5. The average Bonchev–Trinajstić information content (AvgIpc) is 3.48. The number of unbranched alkanes of at least 4 members (excludes halogenated alkanes) is 55. The molecule has 0 aliphatic carbocycles. The van der Waals surface area contributed by atoms with Gasteiger partial charge in [-0.05, 0) is 83.5 Å². The Morgan fingerprint density at radius 3 is 0.890 bits per heavy atom. The summed E-state index contributed by atoms with van der Waals surface area (Å²) in [6.07, 6.45) is 92.4. The highest BCUT2D eigenvalue weighted by atomic mass is 16.5.